The molecule has 0 aliphatic carbocycles. The van der Waals surface area contributed by atoms with Gasteiger partial charge in [0.05, 0.1) is 16.1 Å². The third-order valence-corrected chi connectivity index (χ3v) is 2.05. The fourth-order valence-corrected chi connectivity index (χ4v) is 1.12. The third-order valence-electron chi connectivity index (χ3n) is 1.16. The molecule has 0 fully saturated rings. The quantitative estimate of drug-likeness (QED) is 0.304. The van der Waals surface area contributed by atoms with Gasteiger partial charge in [0.25, 0.3) is 0 Å². The Morgan fingerprint density at radius 1 is 1.54 bits per heavy atom. The van der Waals surface area contributed by atoms with E-state index in [4.69, 9.17) is 4.74 Å². The van der Waals surface area contributed by atoms with Crippen molar-refractivity contribution in [2.24, 2.45) is 4.99 Å². The number of carbonyl (C=O) groups excluding carboxylic acids is 1. The Hall–Kier alpha value is -0.770. The van der Waals surface area contributed by atoms with Gasteiger partial charge in [-0.05, 0) is 20.8 Å². The molecular formula is C9H15NO2S. The molecule has 0 N–H and O–H groups in total. The number of carbonyl (C=O) groups is 1. The molecule has 0 saturated carbocycles. The molecule has 0 spiro atoms. The highest BCUT2D eigenvalue weighted by Gasteiger charge is 2.11. The fraction of sp³-hybridized carbons (Fsp3) is 0.556. The molecule has 3 nitrogen and oxygen atoms in total. The lowest BCUT2D eigenvalue weighted by Crippen LogP contribution is -2.12. The normalized spacial score (nSPS) is 11.6. The first kappa shape index (κ1) is 12.2. The fourth-order valence-electron chi connectivity index (χ4n) is 0.545. The van der Waals surface area contributed by atoms with Crippen LogP contribution in [0.25, 0.3) is 0 Å². The van der Waals surface area contributed by atoms with Crippen molar-refractivity contribution in [2.75, 3.05) is 7.05 Å². The summed E-state index contributed by atoms with van der Waals surface area (Å²) in [6.45, 7) is 9.03. The number of nitrogens with zero attached hydrogens (tertiary/aromatic N) is 1. The summed E-state index contributed by atoms with van der Waals surface area (Å²) >= 11 is 1.23. The van der Waals surface area contributed by atoms with Crippen LogP contribution < -0.4 is 0 Å². The smallest absolute Gasteiger partial charge is 0.344 e. The van der Waals surface area contributed by atoms with Gasteiger partial charge in [0, 0.05) is 7.05 Å². The van der Waals surface area contributed by atoms with Crippen molar-refractivity contribution in [1.82, 2.24) is 0 Å². The second kappa shape index (κ2) is 5.80. The van der Waals surface area contributed by atoms with Gasteiger partial charge in [-0.15, -0.1) is 0 Å². The van der Waals surface area contributed by atoms with Gasteiger partial charge in [0.2, 0.25) is 0 Å². The number of esters is 1. The monoisotopic (exact) mass is 201 g/mol. The number of aliphatic imine (C=N–C) groups is 1. The van der Waals surface area contributed by atoms with E-state index in [0.29, 0.717) is 4.91 Å². The molecule has 13 heavy (non-hydrogen) atoms. The lowest BCUT2D eigenvalue weighted by Gasteiger charge is -2.08. The van der Waals surface area contributed by atoms with Gasteiger partial charge < -0.3 is 4.74 Å². The maximum Gasteiger partial charge on any atom is 0.344 e. The molecule has 0 bridgehead atoms. The molecular weight excluding hydrogens is 186 g/mol. The third kappa shape index (κ3) is 5.47. The minimum Gasteiger partial charge on any atom is -0.459 e. The summed E-state index contributed by atoms with van der Waals surface area (Å²) in [6.07, 6.45) is -0.108. The van der Waals surface area contributed by atoms with E-state index in [9.17, 15) is 4.79 Å². The van der Waals surface area contributed by atoms with E-state index in [1.54, 1.807) is 20.9 Å². The van der Waals surface area contributed by atoms with Crippen LogP contribution in [-0.4, -0.2) is 24.2 Å². The molecule has 0 amide bonds. The highest BCUT2D eigenvalue weighted by Crippen LogP contribution is 2.17. The maximum atomic E-state index is 11.2. The molecule has 0 saturated heterocycles. The van der Waals surface area contributed by atoms with Gasteiger partial charge in [0.15, 0.2) is 0 Å². The van der Waals surface area contributed by atoms with Gasteiger partial charge in [-0.2, -0.15) is 0 Å². The summed E-state index contributed by atoms with van der Waals surface area (Å²) in [6, 6.07) is 0. The van der Waals surface area contributed by atoms with Crippen molar-refractivity contribution in [3.8, 4) is 0 Å². The molecule has 4 heteroatoms. The molecule has 0 aromatic carbocycles. The number of hydrogen-bond donors (Lipinski definition) is 0. The molecule has 0 unspecified atom stereocenters. The van der Waals surface area contributed by atoms with Crippen LogP contribution in [0.4, 0.5) is 0 Å². The van der Waals surface area contributed by atoms with Gasteiger partial charge in [-0.25, -0.2) is 4.79 Å². The molecule has 0 heterocycles. The van der Waals surface area contributed by atoms with Gasteiger partial charge in [-0.1, -0.05) is 18.3 Å². The predicted octanol–water partition coefficient (Wildman–Crippen LogP) is 2.23. The van der Waals surface area contributed by atoms with E-state index in [1.807, 2.05) is 6.92 Å². The standard InChI is InChI=1S/C9H15NO2S/c1-6(2)12-9(11)7(3)13-8(4)10-5/h6H,3H2,1-2,4-5H3. The molecule has 74 valence electrons. The largest absolute Gasteiger partial charge is 0.459 e. The van der Waals surface area contributed by atoms with Crippen LogP contribution in [0.2, 0.25) is 0 Å². The Labute approximate surface area is 83.3 Å². The van der Waals surface area contributed by atoms with Crippen LogP contribution in [0.1, 0.15) is 20.8 Å². The number of ether oxygens (including phenoxy) is 1. The van der Waals surface area contributed by atoms with Crippen LogP contribution >= 0.6 is 11.8 Å². The van der Waals surface area contributed by atoms with Crippen LogP contribution in [-0.2, 0) is 9.53 Å². The van der Waals surface area contributed by atoms with Crippen molar-refractivity contribution in [3.63, 3.8) is 0 Å². The van der Waals surface area contributed by atoms with Gasteiger partial charge in [0.1, 0.15) is 0 Å². The molecule has 0 rings (SSSR count). The Morgan fingerprint density at radius 3 is 2.46 bits per heavy atom. The van der Waals surface area contributed by atoms with Crippen molar-refractivity contribution >= 4 is 22.8 Å². The first-order valence-corrected chi connectivity index (χ1v) is 4.80. The first-order chi connectivity index (χ1) is 5.97. The van der Waals surface area contributed by atoms with E-state index in [1.165, 1.54) is 11.8 Å². The minimum absolute atomic E-state index is 0.108. The molecule has 0 aliphatic heterocycles. The minimum atomic E-state index is -0.372. The summed E-state index contributed by atoms with van der Waals surface area (Å²) in [4.78, 5) is 15.5. The Bertz CT molecular complexity index is 234. The molecule has 0 aromatic rings. The van der Waals surface area contributed by atoms with E-state index in [0.717, 1.165) is 5.04 Å². The van der Waals surface area contributed by atoms with Crippen molar-refractivity contribution < 1.29 is 9.53 Å². The topological polar surface area (TPSA) is 38.7 Å². The zero-order valence-corrected chi connectivity index (χ0v) is 9.27. The van der Waals surface area contributed by atoms with Gasteiger partial charge >= 0.3 is 5.97 Å². The SMILES string of the molecule is C=C(SC(C)=NC)C(=O)OC(C)C. The van der Waals surface area contributed by atoms with Crippen molar-refractivity contribution in [2.45, 2.75) is 26.9 Å². The van der Waals surface area contributed by atoms with Crippen LogP contribution in [0.15, 0.2) is 16.5 Å². The summed E-state index contributed by atoms with van der Waals surface area (Å²) in [7, 11) is 1.67. The van der Waals surface area contributed by atoms with E-state index in [2.05, 4.69) is 11.6 Å². The van der Waals surface area contributed by atoms with E-state index < -0.39 is 0 Å². The molecule has 0 aromatic heterocycles. The van der Waals surface area contributed by atoms with E-state index >= 15 is 0 Å². The summed E-state index contributed by atoms with van der Waals surface area (Å²) in [5.41, 5.74) is 0. The summed E-state index contributed by atoms with van der Waals surface area (Å²) in [5.74, 6) is -0.372. The highest BCUT2D eigenvalue weighted by atomic mass is 32.2. The second-order valence-corrected chi connectivity index (χ2v) is 4.01. The van der Waals surface area contributed by atoms with Crippen molar-refractivity contribution in [3.05, 3.63) is 11.5 Å². The summed E-state index contributed by atoms with van der Waals surface area (Å²) < 4.78 is 4.94. The zero-order valence-electron chi connectivity index (χ0n) is 8.46. The average Bonchev–Trinajstić information content (AvgIpc) is 2.02. The number of rotatable bonds is 3. The number of thioether (sulfide) groups is 1. The maximum absolute atomic E-state index is 11.2. The average molecular weight is 201 g/mol. The second-order valence-electron chi connectivity index (χ2n) is 2.72. The van der Waals surface area contributed by atoms with Crippen LogP contribution in [0.3, 0.4) is 0 Å². The van der Waals surface area contributed by atoms with Crippen LogP contribution in [0, 0.1) is 0 Å². The molecule has 0 atom stereocenters. The first-order valence-electron chi connectivity index (χ1n) is 3.98. The lowest BCUT2D eigenvalue weighted by molar-refractivity contribution is -0.141. The molecule has 0 aliphatic rings. The van der Waals surface area contributed by atoms with E-state index in [-0.39, 0.29) is 12.1 Å². The predicted molar refractivity (Wildman–Crippen MR) is 57.0 cm³/mol. The Morgan fingerprint density at radius 2 is 2.08 bits per heavy atom. The Kier molecular flexibility index (Phi) is 5.46. The van der Waals surface area contributed by atoms with Crippen molar-refractivity contribution in [1.29, 1.82) is 0 Å². The van der Waals surface area contributed by atoms with Gasteiger partial charge in [-0.3, -0.25) is 4.99 Å². The zero-order chi connectivity index (χ0) is 10.4. The van der Waals surface area contributed by atoms with Crippen LogP contribution in [0.5, 0.6) is 0 Å². The summed E-state index contributed by atoms with van der Waals surface area (Å²) in [5, 5.41) is 0.797. The highest BCUT2D eigenvalue weighted by molar-refractivity contribution is 8.17. The molecule has 0 radical (unpaired) electrons. The number of hydrogen-bond acceptors (Lipinski definition) is 4. The lowest BCUT2D eigenvalue weighted by atomic mass is 10.5. The Balaban J connectivity index is 4.05.